The van der Waals surface area contributed by atoms with E-state index < -0.39 is 5.95 Å². The van der Waals surface area contributed by atoms with E-state index in [2.05, 4.69) is 9.72 Å². The monoisotopic (exact) mass is 266 g/mol. The number of hydrogen-bond donors (Lipinski definition) is 0. The third kappa shape index (κ3) is 2.89. The summed E-state index contributed by atoms with van der Waals surface area (Å²) < 4.78 is 18.1. The summed E-state index contributed by atoms with van der Waals surface area (Å²) in [5.74, 6) is -1.57. The zero-order valence-corrected chi connectivity index (χ0v) is 10.6. The van der Waals surface area contributed by atoms with Gasteiger partial charge in [-0.25, -0.2) is 4.98 Å². The Bertz CT molecular complexity index is 485. The molecule has 1 amide bonds. The van der Waals surface area contributed by atoms with Crippen molar-refractivity contribution in [1.29, 1.82) is 0 Å². The summed E-state index contributed by atoms with van der Waals surface area (Å²) in [5, 5.41) is 0. The third-order valence-electron chi connectivity index (χ3n) is 3.31. The normalized spacial score (nSPS) is 16.2. The van der Waals surface area contributed by atoms with Crippen LogP contribution in [0.3, 0.4) is 0 Å². The quantitative estimate of drug-likeness (QED) is 0.597. The Balaban J connectivity index is 2.00. The van der Waals surface area contributed by atoms with E-state index in [-0.39, 0.29) is 23.4 Å². The second-order valence-electron chi connectivity index (χ2n) is 4.43. The van der Waals surface area contributed by atoms with Gasteiger partial charge in [-0.2, -0.15) is 4.39 Å². The van der Waals surface area contributed by atoms with Gasteiger partial charge in [0.2, 0.25) is 5.95 Å². The van der Waals surface area contributed by atoms with Crippen molar-refractivity contribution in [2.75, 3.05) is 20.2 Å². The molecule has 0 unspecified atom stereocenters. The van der Waals surface area contributed by atoms with Gasteiger partial charge in [0, 0.05) is 19.3 Å². The van der Waals surface area contributed by atoms with E-state index in [0.717, 1.165) is 0 Å². The van der Waals surface area contributed by atoms with Crippen LogP contribution in [0.2, 0.25) is 0 Å². The van der Waals surface area contributed by atoms with Crippen molar-refractivity contribution >= 4 is 11.9 Å². The molecule has 0 atom stereocenters. The first-order valence-electron chi connectivity index (χ1n) is 6.11. The average molecular weight is 266 g/mol. The Labute approximate surface area is 110 Å². The lowest BCUT2D eigenvalue weighted by Crippen LogP contribution is -2.40. The number of likely N-dealkylation sites (tertiary alicyclic amines) is 1. The van der Waals surface area contributed by atoms with Crippen molar-refractivity contribution in [3.63, 3.8) is 0 Å². The maximum absolute atomic E-state index is 13.4. The second kappa shape index (κ2) is 5.77. The standard InChI is InChI=1S/C13H15FN2O3/c1-19-13(18)9-4-7-16(8-5-9)12(17)10-3-2-6-15-11(10)14/h2-3,6,9H,4-5,7-8H2,1H3. The fourth-order valence-electron chi connectivity index (χ4n) is 2.20. The number of hydrogen-bond acceptors (Lipinski definition) is 4. The molecule has 5 nitrogen and oxygen atoms in total. The van der Waals surface area contributed by atoms with Gasteiger partial charge < -0.3 is 9.64 Å². The van der Waals surface area contributed by atoms with E-state index in [1.54, 1.807) is 4.90 Å². The molecule has 1 fully saturated rings. The first kappa shape index (κ1) is 13.5. The Morgan fingerprint density at radius 1 is 1.42 bits per heavy atom. The molecule has 6 heteroatoms. The molecule has 1 saturated heterocycles. The summed E-state index contributed by atoms with van der Waals surface area (Å²) >= 11 is 0. The number of carbonyl (C=O) groups is 2. The smallest absolute Gasteiger partial charge is 0.308 e. The predicted octanol–water partition coefficient (Wildman–Crippen LogP) is 1.25. The molecule has 102 valence electrons. The van der Waals surface area contributed by atoms with Crippen LogP contribution in [0.1, 0.15) is 23.2 Å². The van der Waals surface area contributed by atoms with Gasteiger partial charge in [0.1, 0.15) is 0 Å². The van der Waals surface area contributed by atoms with Crippen LogP contribution >= 0.6 is 0 Å². The number of halogens is 1. The summed E-state index contributed by atoms with van der Waals surface area (Å²) in [6.45, 7) is 0.847. The van der Waals surface area contributed by atoms with Crippen molar-refractivity contribution in [1.82, 2.24) is 9.88 Å². The second-order valence-corrected chi connectivity index (χ2v) is 4.43. The zero-order chi connectivity index (χ0) is 13.8. The molecule has 0 saturated carbocycles. The van der Waals surface area contributed by atoms with Crippen molar-refractivity contribution in [3.8, 4) is 0 Å². The van der Waals surface area contributed by atoms with Crippen LogP contribution in [0.5, 0.6) is 0 Å². The number of amides is 1. The summed E-state index contributed by atoms with van der Waals surface area (Å²) in [4.78, 5) is 28.5. The largest absolute Gasteiger partial charge is 0.469 e. The van der Waals surface area contributed by atoms with E-state index >= 15 is 0 Å². The van der Waals surface area contributed by atoms with E-state index in [9.17, 15) is 14.0 Å². The number of aromatic nitrogens is 1. The van der Waals surface area contributed by atoms with Gasteiger partial charge in [-0.3, -0.25) is 9.59 Å². The molecule has 1 aliphatic heterocycles. The van der Waals surface area contributed by atoms with Crippen LogP contribution in [0.4, 0.5) is 4.39 Å². The zero-order valence-electron chi connectivity index (χ0n) is 10.6. The van der Waals surface area contributed by atoms with Crippen LogP contribution in [-0.2, 0) is 9.53 Å². The first-order chi connectivity index (χ1) is 9.13. The number of carbonyl (C=O) groups excluding carboxylic acids is 2. The van der Waals surface area contributed by atoms with Crippen LogP contribution < -0.4 is 0 Å². The SMILES string of the molecule is COC(=O)C1CCN(C(=O)c2cccnc2F)CC1. The third-order valence-corrected chi connectivity index (χ3v) is 3.31. The van der Waals surface area contributed by atoms with Gasteiger partial charge in [-0.1, -0.05) is 0 Å². The molecule has 0 radical (unpaired) electrons. The number of piperidine rings is 1. The van der Waals surface area contributed by atoms with Gasteiger partial charge in [-0.15, -0.1) is 0 Å². The molecule has 0 N–H and O–H groups in total. The number of pyridine rings is 1. The van der Waals surface area contributed by atoms with Crippen molar-refractivity contribution in [2.45, 2.75) is 12.8 Å². The number of methoxy groups -OCH3 is 1. The number of esters is 1. The molecule has 2 rings (SSSR count). The summed E-state index contributed by atoms with van der Waals surface area (Å²) in [7, 11) is 1.35. The van der Waals surface area contributed by atoms with Crippen molar-refractivity contribution < 1.29 is 18.7 Å². The molecule has 0 bridgehead atoms. The molecule has 19 heavy (non-hydrogen) atoms. The van der Waals surface area contributed by atoms with Gasteiger partial charge >= 0.3 is 5.97 Å². The Kier molecular flexibility index (Phi) is 4.09. The maximum atomic E-state index is 13.4. The summed E-state index contributed by atoms with van der Waals surface area (Å²) in [5.41, 5.74) is -0.0287. The topological polar surface area (TPSA) is 59.5 Å². The highest BCUT2D eigenvalue weighted by atomic mass is 19.1. The molecular weight excluding hydrogens is 251 g/mol. The minimum atomic E-state index is -0.761. The van der Waals surface area contributed by atoms with Crippen LogP contribution in [-0.4, -0.2) is 42.0 Å². The molecule has 2 heterocycles. The molecule has 0 aliphatic carbocycles. The molecular formula is C13H15FN2O3. The Morgan fingerprint density at radius 2 is 2.11 bits per heavy atom. The highest BCUT2D eigenvalue weighted by Gasteiger charge is 2.29. The van der Waals surface area contributed by atoms with E-state index in [0.29, 0.717) is 25.9 Å². The lowest BCUT2D eigenvalue weighted by atomic mass is 9.96. The van der Waals surface area contributed by atoms with Gasteiger partial charge in [0.15, 0.2) is 0 Å². The van der Waals surface area contributed by atoms with Gasteiger partial charge in [0.05, 0.1) is 18.6 Å². The minimum absolute atomic E-state index is 0.0287. The van der Waals surface area contributed by atoms with Crippen LogP contribution in [0, 0.1) is 11.9 Å². The lowest BCUT2D eigenvalue weighted by molar-refractivity contribution is -0.146. The van der Waals surface area contributed by atoms with Crippen LogP contribution in [0.15, 0.2) is 18.3 Å². The van der Waals surface area contributed by atoms with E-state index in [4.69, 9.17) is 0 Å². The molecule has 0 aromatic carbocycles. The average Bonchev–Trinajstić information content (AvgIpc) is 2.46. The molecule has 1 aromatic heterocycles. The number of rotatable bonds is 2. The fourth-order valence-corrected chi connectivity index (χ4v) is 2.20. The molecule has 1 aliphatic rings. The maximum Gasteiger partial charge on any atom is 0.308 e. The number of nitrogens with zero attached hydrogens (tertiary/aromatic N) is 2. The lowest BCUT2D eigenvalue weighted by Gasteiger charge is -2.30. The molecule has 0 spiro atoms. The van der Waals surface area contributed by atoms with Gasteiger partial charge in [0.25, 0.3) is 5.91 Å². The van der Waals surface area contributed by atoms with Crippen molar-refractivity contribution in [3.05, 3.63) is 29.8 Å². The minimum Gasteiger partial charge on any atom is -0.469 e. The molecule has 1 aromatic rings. The summed E-state index contributed by atoms with van der Waals surface area (Å²) in [6, 6.07) is 2.94. The Morgan fingerprint density at radius 3 is 2.68 bits per heavy atom. The number of ether oxygens (including phenoxy) is 1. The highest BCUT2D eigenvalue weighted by molar-refractivity contribution is 5.94. The van der Waals surface area contributed by atoms with Crippen molar-refractivity contribution in [2.24, 2.45) is 5.92 Å². The summed E-state index contributed by atoms with van der Waals surface area (Å²) in [6.07, 6.45) is 2.39. The van der Waals surface area contributed by atoms with Crippen LogP contribution in [0.25, 0.3) is 0 Å². The Hall–Kier alpha value is -1.98. The predicted molar refractivity (Wildman–Crippen MR) is 64.8 cm³/mol. The first-order valence-corrected chi connectivity index (χ1v) is 6.11. The fraction of sp³-hybridized carbons (Fsp3) is 0.462. The highest BCUT2D eigenvalue weighted by Crippen LogP contribution is 2.20. The van der Waals surface area contributed by atoms with Gasteiger partial charge in [-0.05, 0) is 25.0 Å². The van der Waals surface area contributed by atoms with E-state index in [1.807, 2.05) is 0 Å². The van der Waals surface area contributed by atoms with E-state index in [1.165, 1.54) is 25.4 Å².